The number of hydrogen-bond donors (Lipinski definition) is 3. The lowest BCUT2D eigenvalue weighted by molar-refractivity contribution is 0.0928. The summed E-state index contributed by atoms with van der Waals surface area (Å²) < 4.78 is 0. The Bertz CT molecular complexity index is 969. The number of amides is 1. The molecule has 2 aliphatic rings. The predicted octanol–water partition coefficient (Wildman–Crippen LogP) is 5.73. The molecule has 1 amide bonds. The van der Waals surface area contributed by atoms with Crippen molar-refractivity contribution in [3.8, 4) is 16.9 Å². The summed E-state index contributed by atoms with van der Waals surface area (Å²) in [7, 11) is 0. The molecule has 4 heteroatoms. The second-order valence-corrected chi connectivity index (χ2v) is 8.91. The van der Waals surface area contributed by atoms with Crippen molar-refractivity contribution in [3.63, 3.8) is 0 Å². The van der Waals surface area contributed by atoms with E-state index in [0.717, 1.165) is 35.2 Å². The molecule has 2 aromatic rings. The van der Waals surface area contributed by atoms with Gasteiger partial charge in [-0.15, -0.1) is 0 Å². The van der Waals surface area contributed by atoms with Crippen molar-refractivity contribution >= 4 is 17.2 Å². The van der Waals surface area contributed by atoms with E-state index in [1.54, 1.807) is 12.1 Å². The van der Waals surface area contributed by atoms with E-state index in [9.17, 15) is 9.90 Å². The topological polar surface area (TPSA) is 61.4 Å². The Balaban J connectivity index is 1.85. The summed E-state index contributed by atoms with van der Waals surface area (Å²) in [6.07, 6.45) is 7.82. The number of fused-ring (bicyclic) bond motifs is 1. The highest BCUT2D eigenvalue weighted by molar-refractivity contribution is 6.08. The summed E-state index contributed by atoms with van der Waals surface area (Å²) in [6, 6.07) is 11.4. The van der Waals surface area contributed by atoms with Gasteiger partial charge in [0.05, 0.1) is 11.1 Å². The third kappa shape index (κ3) is 3.89. The number of phenols is 1. The van der Waals surface area contributed by atoms with Gasteiger partial charge < -0.3 is 15.7 Å². The molecule has 29 heavy (non-hydrogen) atoms. The van der Waals surface area contributed by atoms with Crippen LogP contribution in [0.15, 0.2) is 42.5 Å². The van der Waals surface area contributed by atoms with Crippen molar-refractivity contribution in [2.45, 2.75) is 64.5 Å². The van der Waals surface area contributed by atoms with Crippen LogP contribution in [0, 0.1) is 0 Å². The average molecular weight is 391 g/mol. The molecular formula is C25H30N2O2. The number of para-hydroxylation sites is 1. The maximum atomic E-state index is 13.5. The Morgan fingerprint density at radius 3 is 2.52 bits per heavy atom. The molecule has 3 N–H and O–H groups in total. The number of carbonyl (C=O) groups excluding carboxylic acids is 1. The van der Waals surface area contributed by atoms with E-state index in [2.05, 4.69) is 37.5 Å². The minimum Gasteiger partial charge on any atom is -0.507 e. The van der Waals surface area contributed by atoms with Crippen LogP contribution in [0.5, 0.6) is 5.75 Å². The number of anilines is 1. The summed E-state index contributed by atoms with van der Waals surface area (Å²) in [5, 5.41) is 17.3. The van der Waals surface area contributed by atoms with E-state index in [-0.39, 0.29) is 23.2 Å². The van der Waals surface area contributed by atoms with Crippen LogP contribution >= 0.6 is 0 Å². The van der Waals surface area contributed by atoms with Gasteiger partial charge in [-0.1, -0.05) is 49.6 Å². The number of nitrogens with one attached hydrogen (secondary N) is 2. The number of rotatable bonds is 3. The van der Waals surface area contributed by atoms with E-state index in [1.165, 1.54) is 19.3 Å². The number of carbonyl (C=O) groups is 1. The van der Waals surface area contributed by atoms with Crippen LogP contribution in [0.25, 0.3) is 16.7 Å². The van der Waals surface area contributed by atoms with E-state index in [1.807, 2.05) is 24.3 Å². The highest BCUT2D eigenvalue weighted by Crippen LogP contribution is 2.42. The van der Waals surface area contributed by atoms with Gasteiger partial charge in [-0.3, -0.25) is 4.79 Å². The normalized spacial score (nSPS) is 18.4. The predicted molar refractivity (Wildman–Crippen MR) is 119 cm³/mol. The minimum atomic E-state index is -0.176. The molecule has 1 aliphatic carbocycles. The second-order valence-electron chi connectivity index (χ2n) is 8.91. The molecule has 0 atom stereocenters. The lowest BCUT2D eigenvalue weighted by atomic mass is 9.84. The van der Waals surface area contributed by atoms with Gasteiger partial charge in [0.25, 0.3) is 5.91 Å². The number of hydrogen-bond acceptors (Lipinski definition) is 3. The molecule has 152 valence electrons. The quantitative estimate of drug-likeness (QED) is 0.627. The van der Waals surface area contributed by atoms with Gasteiger partial charge in [-0.25, -0.2) is 0 Å². The standard InChI is InChI=1S/C25H30N2O2/c1-16-15-25(2,3)27-20-14-13-19(18-11-7-8-12-21(18)28)23(22(16)20)24(29)26-17-9-5-4-6-10-17/h7-8,11-15,17,27-28H,4-6,9-10H2,1-3H3,(H,26,29). The molecule has 1 aliphatic heterocycles. The number of phenolic OH excluding ortho intramolecular Hbond substituents is 1. The zero-order valence-electron chi connectivity index (χ0n) is 17.5. The summed E-state index contributed by atoms with van der Waals surface area (Å²) in [5.41, 5.74) is 4.89. The summed E-state index contributed by atoms with van der Waals surface area (Å²) in [5.74, 6) is 0.131. The molecule has 0 aromatic heterocycles. The van der Waals surface area contributed by atoms with Crippen LogP contribution in [-0.4, -0.2) is 22.6 Å². The third-order valence-electron chi connectivity index (χ3n) is 6.00. The lowest BCUT2D eigenvalue weighted by Crippen LogP contribution is -2.38. The van der Waals surface area contributed by atoms with Crippen molar-refractivity contribution < 1.29 is 9.90 Å². The van der Waals surface area contributed by atoms with Crippen molar-refractivity contribution in [2.75, 3.05) is 5.32 Å². The fourth-order valence-corrected chi connectivity index (χ4v) is 4.78. The zero-order valence-corrected chi connectivity index (χ0v) is 17.5. The van der Waals surface area contributed by atoms with Crippen LogP contribution < -0.4 is 10.6 Å². The minimum absolute atomic E-state index is 0.0544. The summed E-state index contributed by atoms with van der Waals surface area (Å²) in [6.45, 7) is 6.31. The molecule has 1 heterocycles. The van der Waals surface area contributed by atoms with Gasteiger partial charge in [0.15, 0.2) is 0 Å². The molecule has 0 radical (unpaired) electrons. The summed E-state index contributed by atoms with van der Waals surface area (Å²) in [4.78, 5) is 13.5. The van der Waals surface area contributed by atoms with Crippen LogP contribution in [0.2, 0.25) is 0 Å². The van der Waals surface area contributed by atoms with Crippen molar-refractivity contribution in [2.24, 2.45) is 0 Å². The molecule has 4 nitrogen and oxygen atoms in total. The van der Waals surface area contributed by atoms with Gasteiger partial charge in [0.2, 0.25) is 0 Å². The van der Waals surface area contributed by atoms with Gasteiger partial charge in [-0.05, 0) is 56.9 Å². The second kappa shape index (κ2) is 7.58. The van der Waals surface area contributed by atoms with Crippen LogP contribution in [0.4, 0.5) is 5.69 Å². The zero-order chi connectivity index (χ0) is 20.6. The Labute approximate surface area is 173 Å². The number of allylic oxidation sites excluding steroid dienone is 1. The Hall–Kier alpha value is -2.75. The molecule has 4 rings (SSSR count). The SMILES string of the molecule is CC1=CC(C)(C)Nc2ccc(-c3ccccc3O)c(C(=O)NC3CCCCC3)c21. The highest BCUT2D eigenvalue weighted by atomic mass is 16.3. The van der Waals surface area contributed by atoms with Gasteiger partial charge in [0, 0.05) is 22.9 Å². The fraction of sp³-hybridized carbons (Fsp3) is 0.400. The first-order valence-electron chi connectivity index (χ1n) is 10.6. The number of aromatic hydroxyl groups is 1. The number of benzene rings is 2. The average Bonchev–Trinajstić information content (AvgIpc) is 2.67. The van der Waals surface area contributed by atoms with Crippen LogP contribution in [0.1, 0.15) is 68.8 Å². The molecule has 0 spiro atoms. The van der Waals surface area contributed by atoms with E-state index < -0.39 is 0 Å². The molecule has 2 aromatic carbocycles. The first-order chi connectivity index (χ1) is 13.9. The molecule has 0 bridgehead atoms. The van der Waals surface area contributed by atoms with Gasteiger partial charge >= 0.3 is 0 Å². The van der Waals surface area contributed by atoms with E-state index in [4.69, 9.17) is 0 Å². The smallest absolute Gasteiger partial charge is 0.252 e. The summed E-state index contributed by atoms with van der Waals surface area (Å²) >= 11 is 0. The first-order valence-corrected chi connectivity index (χ1v) is 10.6. The largest absolute Gasteiger partial charge is 0.507 e. The Morgan fingerprint density at radius 2 is 1.79 bits per heavy atom. The molecule has 1 fully saturated rings. The maximum absolute atomic E-state index is 13.5. The molecule has 0 unspecified atom stereocenters. The fourth-order valence-electron chi connectivity index (χ4n) is 4.78. The molecule has 1 saturated carbocycles. The van der Waals surface area contributed by atoms with E-state index in [0.29, 0.717) is 11.1 Å². The van der Waals surface area contributed by atoms with Crippen LogP contribution in [0.3, 0.4) is 0 Å². The molecule has 0 saturated heterocycles. The highest BCUT2D eigenvalue weighted by Gasteiger charge is 2.30. The first kappa shape index (κ1) is 19.6. The molecular weight excluding hydrogens is 360 g/mol. The van der Waals surface area contributed by atoms with Gasteiger partial charge in [0.1, 0.15) is 5.75 Å². The monoisotopic (exact) mass is 390 g/mol. The van der Waals surface area contributed by atoms with Crippen molar-refractivity contribution in [3.05, 3.63) is 53.6 Å². The lowest BCUT2D eigenvalue weighted by Gasteiger charge is -2.33. The third-order valence-corrected chi connectivity index (χ3v) is 6.00. The van der Waals surface area contributed by atoms with Crippen molar-refractivity contribution in [1.82, 2.24) is 5.32 Å². The Kier molecular flexibility index (Phi) is 5.12. The Morgan fingerprint density at radius 1 is 1.07 bits per heavy atom. The van der Waals surface area contributed by atoms with Crippen molar-refractivity contribution in [1.29, 1.82) is 0 Å². The van der Waals surface area contributed by atoms with E-state index >= 15 is 0 Å². The maximum Gasteiger partial charge on any atom is 0.252 e. The van der Waals surface area contributed by atoms with Crippen LogP contribution in [-0.2, 0) is 0 Å². The van der Waals surface area contributed by atoms with Gasteiger partial charge in [-0.2, -0.15) is 0 Å².